The van der Waals surface area contributed by atoms with Crippen molar-refractivity contribution in [3.05, 3.63) is 64.5 Å². The molecule has 0 saturated heterocycles. The van der Waals surface area contributed by atoms with Gasteiger partial charge in [0.05, 0.1) is 0 Å². The Morgan fingerprint density at radius 2 is 1.96 bits per heavy atom. The molecule has 6 nitrogen and oxygen atoms in total. The number of anilines is 1. The molecule has 1 atom stereocenters. The molecule has 1 aromatic carbocycles. The van der Waals surface area contributed by atoms with E-state index in [1.165, 1.54) is 16.6 Å². The van der Waals surface area contributed by atoms with Crippen LogP contribution in [0.1, 0.15) is 27.0 Å². The molecular weight excluding hydrogens is 392 g/mol. The van der Waals surface area contributed by atoms with Gasteiger partial charge in [0.15, 0.2) is 5.82 Å². The van der Waals surface area contributed by atoms with Crippen molar-refractivity contribution in [3.63, 3.8) is 0 Å². The van der Waals surface area contributed by atoms with Gasteiger partial charge in [0.1, 0.15) is 27.2 Å². The first-order valence-corrected chi connectivity index (χ1v) is 10.4. The van der Waals surface area contributed by atoms with E-state index in [9.17, 15) is 4.79 Å². The summed E-state index contributed by atoms with van der Waals surface area (Å²) in [6, 6.07) is 11.3. The molecule has 4 rings (SSSR count). The molecule has 0 aliphatic heterocycles. The molecule has 0 bridgehead atoms. The summed E-state index contributed by atoms with van der Waals surface area (Å²) in [6.45, 7) is 5.92. The number of rotatable bonds is 5. The Labute approximate surface area is 170 Å². The molecule has 1 unspecified atom stereocenters. The smallest absolute Gasteiger partial charge is 0.243 e. The van der Waals surface area contributed by atoms with Crippen molar-refractivity contribution in [1.82, 2.24) is 15.1 Å². The predicted molar refractivity (Wildman–Crippen MR) is 112 cm³/mol. The van der Waals surface area contributed by atoms with Gasteiger partial charge in [-0.25, -0.2) is 9.97 Å². The number of amides is 1. The number of fused-ring (bicyclic) bond motifs is 1. The van der Waals surface area contributed by atoms with Crippen LogP contribution in [0.25, 0.3) is 10.2 Å². The van der Waals surface area contributed by atoms with Gasteiger partial charge in [-0.2, -0.15) is 0 Å². The lowest BCUT2D eigenvalue weighted by Crippen LogP contribution is -2.19. The van der Waals surface area contributed by atoms with Gasteiger partial charge < -0.3 is 9.84 Å². The van der Waals surface area contributed by atoms with Crippen molar-refractivity contribution in [2.45, 2.75) is 31.0 Å². The minimum absolute atomic E-state index is 0.180. The van der Waals surface area contributed by atoms with Crippen molar-refractivity contribution in [3.8, 4) is 0 Å². The lowest BCUT2D eigenvalue weighted by Gasteiger charge is -2.16. The molecule has 4 aromatic rings. The molecule has 1 N–H and O–H groups in total. The van der Waals surface area contributed by atoms with E-state index in [2.05, 4.69) is 34.3 Å². The number of nitrogens with zero attached hydrogens (tertiary/aromatic N) is 3. The van der Waals surface area contributed by atoms with E-state index in [0.29, 0.717) is 11.6 Å². The van der Waals surface area contributed by atoms with Gasteiger partial charge in [-0.3, -0.25) is 4.79 Å². The summed E-state index contributed by atoms with van der Waals surface area (Å²) in [7, 11) is 0. The van der Waals surface area contributed by atoms with Crippen LogP contribution < -0.4 is 5.32 Å². The number of thioether (sulfide) groups is 1. The molecule has 142 valence electrons. The first kappa shape index (κ1) is 18.6. The lowest BCUT2D eigenvalue weighted by atomic mass is 10.1. The molecule has 3 heterocycles. The summed E-state index contributed by atoms with van der Waals surface area (Å²) in [5, 5.41) is 8.03. The maximum atomic E-state index is 13.1. The van der Waals surface area contributed by atoms with E-state index in [0.717, 1.165) is 26.4 Å². The van der Waals surface area contributed by atoms with Crippen LogP contribution in [0, 0.1) is 20.8 Å². The molecule has 8 heteroatoms. The van der Waals surface area contributed by atoms with Crippen LogP contribution in [-0.2, 0) is 4.79 Å². The number of carbonyl (C=O) groups is 1. The van der Waals surface area contributed by atoms with Crippen molar-refractivity contribution in [2.24, 2.45) is 0 Å². The molecular formula is C20H18N4O2S2. The fraction of sp³-hybridized carbons (Fsp3) is 0.200. The van der Waals surface area contributed by atoms with Crippen molar-refractivity contribution in [2.75, 3.05) is 5.32 Å². The van der Waals surface area contributed by atoms with E-state index < -0.39 is 5.25 Å². The number of aryl methyl sites for hydroxylation is 3. The highest BCUT2D eigenvalue weighted by Crippen LogP contribution is 2.41. The summed E-state index contributed by atoms with van der Waals surface area (Å²) in [5.74, 6) is 0.862. The van der Waals surface area contributed by atoms with Crippen LogP contribution in [0.3, 0.4) is 0 Å². The first-order chi connectivity index (χ1) is 13.5. The van der Waals surface area contributed by atoms with Crippen LogP contribution in [0.4, 0.5) is 5.82 Å². The Morgan fingerprint density at radius 1 is 1.18 bits per heavy atom. The highest BCUT2D eigenvalue weighted by Gasteiger charge is 2.25. The van der Waals surface area contributed by atoms with Gasteiger partial charge in [0, 0.05) is 16.3 Å². The highest BCUT2D eigenvalue weighted by molar-refractivity contribution is 8.00. The Kier molecular flexibility index (Phi) is 5.15. The Morgan fingerprint density at radius 3 is 2.68 bits per heavy atom. The minimum Gasteiger partial charge on any atom is -0.360 e. The second kappa shape index (κ2) is 7.73. The fourth-order valence-electron chi connectivity index (χ4n) is 2.87. The Balaban J connectivity index is 1.71. The van der Waals surface area contributed by atoms with Crippen molar-refractivity contribution in [1.29, 1.82) is 0 Å². The zero-order chi connectivity index (χ0) is 19.7. The number of hydrogen-bond acceptors (Lipinski definition) is 7. The Hall–Kier alpha value is -2.71. The molecule has 0 aliphatic carbocycles. The maximum absolute atomic E-state index is 13.1. The quantitative estimate of drug-likeness (QED) is 0.365. The standard InChI is InChI=1S/C20H18N4O2S2/c1-11-9-15(24-26-11)23-18(25)17(14-7-5-4-6-8-14)28-20-16-12(2)13(3)27-19(16)21-10-22-20/h4-10,17H,1-3H3,(H,23,24,25). The van der Waals surface area contributed by atoms with Crippen molar-refractivity contribution < 1.29 is 9.32 Å². The van der Waals surface area contributed by atoms with Crippen LogP contribution in [-0.4, -0.2) is 21.0 Å². The van der Waals surface area contributed by atoms with Crippen LogP contribution in [0.2, 0.25) is 0 Å². The molecule has 28 heavy (non-hydrogen) atoms. The largest absolute Gasteiger partial charge is 0.360 e. The summed E-state index contributed by atoms with van der Waals surface area (Å²) in [6.07, 6.45) is 1.56. The van der Waals surface area contributed by atoms with E-state index in [-0.39, 0.29) is 5.91 Å². The maximum Gasteiger partial charge on any atom is 0.243 e. The van der Waals surface area contributed by atoms with Gasteiger partial charge in [-0.15, -0.1) is 11.3 Å². The molecule has 0 fully saturated rings. The molecule has 0 aliphatic rings. The number of thiophene rings is 1. The summed E-state index contributed by atoms with van der Waals surface area (Å²) in [4.78, 5) is 24.1. The first-order valence-electron chi connectivity index (χ1n) is 8.69. The SMILES string of the molecule is Cc1cc(NC(=O)C(Sc2ncnc3sc(C)c(C)c23)c2ccccc2)no1. The number of benzene rings is 1. The van der Waals surface area contributed by atoms with Gasteiger partial charge >= 0.3 is 0 Å². The summed E-state index contributed by atoms with van der Waals surface area (Å²) < 4.78 is 5.05. The van der Waals surface area contributed by atoms with E-state index in [1.807, 2.05) is 30.3 Å². The zero-order valence-corrected chi connectivity index (χ0v) is 17.2. The third-order valence-corrected chi connectivity index (χ3v) is 6.75. The van der Waals surface area contributed by atoms with Crippen LogP contribution >= 0.6 is 23.1 Å². The molecule has 1 amide bonds. The lowest BCUT2D eigenvalue weighted by molar-refractivity contribution is -0.115. The van der Waals surface area contributed by atoms with E-state index >= 15 is 0 Å². The van der Waals surface area contributed by atoms with Gasteiger partial charge in [-0.05, 0) is 31.9 Å². The molecule has 0 saturated carbocycles. The summed E-state index contributed by atoms with van der Waals surface area (Å²) >= 11 is 3.06. The number of aromatic nitrogens is 3. The predicted octanol–water partition coefficient (Wildman–Crippen LogP) is 5.08. The van der Waals surface area contributed by atoms with E-state index in [1.54, 1.807) is 30.7 Å². The van der Waals surface area contributed by atoms with Gasteiger partial charge in [-0.1, -0.05) is 47.3 Å². The molecule has 0 radical (unpaired) electrons. The van der Waals surface area contributed by atoms with Gasteiger partial charge in [0.25, 0.3) is 0 Å². The topological polar surface area (TPSA) is 80.9 Å². The second-order valence-electron chi connectivity index (χ2n) is 6.36. The van der Waals surface area contributed by atoms with E-state index in [4.69, 9.17) is 4.52 Å². The molecule has 3 aromatic heterocycles. The molecule has 0 spiro atoms. The van der Waals surface area contributed by atoms with Crippen LogP contribution in [0.15, 0.2) is 52.3 Å². The monoisotopic (exact) mass is 410 g/mol. The zero-order valence-electron chi connectivity index (χ0n) is 15.6. The number of carbonyl (C=O) groups excluding carboxylic acids is 1. The number of hydrogen-bond donors (Lipinski definition) is 1. The highest BCUT2D eigenvalue weighted by atomic mass is 32.2. The van der Waals surface area contributed by atoms with Crippen molar-refractivity contribution >= 4 is 45.0 Å². The Bertz CT molecular complexity index is 1140. The second-order valence-corrected chi connectivity index (χ2v) is 8.66. The normalized spacial score (nSPS) is 12.2. The third kappa shape index (κ3) is 3.65. The van der Waals surface area contributed by atoms with Gasteiger partial charge in [0.2, 0.25) is 5.91 Å². The fourth-order valence-corrected chi connectivity index (χ4v) is 5.09. The number of nitrogens with one attached hydrogen (secondary N) is 1. The third-order valence-electron chi connectivity index (χ3n) is 4.38. The average molecular weight is 411 g/mol. The minimum atomic E-state index is -0.490. The average Bonchev–Trinajstić information content (AvgIpc) is 3.23. The summed E-state index contributed by atoms with van der Waals surface area (Å²) in [5.41, 5.74) is 2.05. The van der Waals surface area contributed by atoms with Crippen LogP contribution in [0.5, 0.6) is 0 Å².